The summed E-state index contributed by atoms with van der Waals surface area (Å²) in [6, 6.07) is 26.4. The fourth-order valence-corrected chi connectivity index (χ4v) is 4.75. The van der Waals surface area contributed by atoms with Crippen LogP contribution in [-0.4, -0.2) is 35.0 Å². The van der Waals surface area contributed by atoms with E-state index in [4.69, 9.17) is 5.73 Å². The molecule has 1 aliphatic heterocycles. The summed E-state index contributed by atoms with van der Waals surface area (Å²) in [4.78, 5) is 15.3. The van der Waals surface area contributed by atoms with E-state index < -0.39 is 5.72 Å². The van der Waals surface area contributed by atoms with E-state index in [1.54, 1.807) is 36.4 Å². The standard InChI is InChI=1S/C28H33N3O2/c1-21(31-18-16-23(17-19-31)20-22-8-4-2-5-9-22)28(33,25-12-14-26(29)15-13-25)30-27(32)24-10-6-3-7-11-24/h2-15,21,23,33H,16-20,29H2,1H3,(H,30,32). The van der Waals surface area contributed by atoms with Gasteiger partial charge in [-0.15, -0.1) is 0 Å². The van der Waals surface area contributed by atoms with Crippen molar-refractivity contribution in [3.8, 4) is 0 Å². The van der Waals surface area contributed by atoms with Gasteiger partial charge in [0.15, 0.2) is 5.72 Å². The summed E-state index contributed by atoms with van der Waals surface area (Å²) in [5.74, 6) is 0.320. The van der Waals surface area contributed by atoms with Gasteiger partial charge < -0.3 is 16.2 Å². The maximum absolute atomic E-state index is 13.0. The predicted octanol–water partition coefficient (Wildman–Crippen LogP) is 4.19. The molecular weight excluding hydrogens is 410 g/mol. The zero-order valence-corrected chi connectivity index (χ0v) is 19.2. The highest BCUT2D eigenvalue weighted by atomic mass is 16.3. The summed E-state index contributed by atoms with van der Waals surface area (Å²) in [5.41, 5.74) is 7.46. The number of aliphatic hydroxyl groups is 1. The van der Waals surface area contributed by atoms with Gasteiger partial charge in [0, 0.05) is 16.8 Å². The molecule has 2 unspecified atom stereocenters. The van der Waals surface area contributed by atoms with Crippen LogP contribution in [0.3, 0.4) is 0 Å². The van der Waals surface area contributed by atoms with Gasteiger partial charge in [0.05, 0.1) is 6.04 Å². The van der Waals surface area contributed by atoms with Gasteiger partial charge in [0.2, 0.25) is 0 Å². The molecule has 1 aliphatic rings. The normalized spacial score (nSPS) is 17.8. The Kier molecular flexibility index (Phi) is 7.11. The zero-order chi connectivity index (χ0) is 23.3. The van der Waals surface area contributed by atoms with E-state index in [0.717, 1.165) is 32.4 Å². The topological polar surface area (TPSA) is 78.6 Å². The van der Waals surface area contributed by atoms with Crippen molar-refractivity contribution in [2.45, 2.75) is 38.0 Å². The van der Waals surface area contributed by atoms with Gasteiger partial charge in [-0.05, 0) is 75.0 Å². The molecule has 1 heterocycles. The summed E-state index contributed by atoms with van der Waals surface area (Å²) in [6.45, 7) is 3.73. The number of anilines is 1. The van der Waals surface area contributed by atoms with E-state index in [1.165, 1.54) is 5.56 Å². The number of benzene rings is 3. The van der Waals surface area contributed by atoms with Crippen molar-refractivity contribution in [1.82, 2.24) is 10.2 Å². The third-order valence-electron chi connectivity index (χ3n) is 6.86. The molecule has 0 aliphatic carbocycles. The average Bonchev–Trinajstić information content (AvgIpc) is 2.85. The second kappa shape index (κ2) is 10.2. The number of nitrogens with one attached hydrogen (secondary N) is 1. The van der Waals surface area contributed by atoms with Crippen LogP contribution in [0.15, 0.2) is 84.9 Å². The zero-order valence-electron chi connectivity index (χ0n) is 19.2. The smallest absolute Gasteiger partial charge is 0.253 e. The van der Waals surface area contributed by atoms with Crippen molar-refractivity contribution in [2.24, 2.45) is 5.92 Å². The van der Waals surface area contributed by atoms with Crippen molar-refractivity contribution >= 4 is 11.6 Å². The first kappa shape index (κ1) is 23.0. The van der Waals surface area contributed by atoms with Gasteiger partial charge >= 0.3 is 0 Å². The lowest BCUT2D eigenvalue weighted by atomic mass is 9.87. The number of nitrogen functional groups attached to an aromatic ring is 1. The van der Waals surface area contributed by atoms with Crippen LogP contribution in [-0.2, 0) is 12.1 Å². The van der Waals surface area contributed by atoms with Crippen LogP contribution in [0.25, 0.3) is 0 Å². The van der Waals surface area contributed by atoms with Gasteiger partial charge in [-0.1, -0.05) is 60.7 Å². The molecule has 1 amide bonds. The molecule has 33 heavy (non-hydrogen) atoms. The van der Waals surface area contributed by atoms with Crippen molar-refractivity contribution in [3.63, 3.8) is 0 Å². The van der Waals surface area contributed by atoms with E-state index in [1.807, 2.05) is 25.1 Å². The number of likely N-dealkylation sites (tertiary alicyclic amines) is 1. The minimum absolute atomic E-state index is 0.305. The Balaban J connectivity index is 1.50. The summed E-state index contributed by atoms with van der Waals surface area (Å²) in [5, 5.41) is 14.8. The molecule has 2 atom stereocenters. The number of nitrogens with two attached hydrogens (primary N) is 1. The highest BCUT2D eigenvalue weighted by molar-refractivity contribution is 5.94. The number of piperidine rings is 1. The first-order valence-electron chi connectivity index (χ1n) is 11.7. The fourth-order valence-electron chi connectivity index (χ4n) is 4.75. The largest absolute Gasteiger partial charge is 0.399 e. The van der Waals surface area contributed by atoms with E-state index in [-0.39, 0.29) is 11.9 Å². The van der Waals surface area contributed by atoms with Crippen LogP contribution in [0, 0.1) is 5.92 Å². The molecular formula is C28H33N3O2. The number of rotatable bonds is 7. The van der Waals surface area contributed by atoms with Crippen molar-refractivity contribution in [2.75, 3.05) is 18.8 Å². The lowest BCUT2D eigenvalue weighted by molar-refractivity contribution is -0.0733. The molecule has 172 valence electrons. The number of carbonyl (C=O) groups excluding carboxylic acids is 1. The first-order valence-corrected chi connectivity index (χ1v) is 11.7. The second-order valence-corrected chi connectivity index (χ2v) is 9.05. The first-order chi connectivity index (χ1) is 16.0. The van der Waals surface area contributed by atoms with Crippen LogP contribution in [0.4, 0.5) is 5.69 Å². The Morgan fingerprint density at radius 1 is 1.00 bits per heavy atom. The van der Waals surface area contributed by atoms with Gasteiger partial charge in [0.1, 0.15) is 0 Å². The van der Waals surface area contributed by atoms with Gasteiger partial charge in [0.25, 0.3) is 5.91 Å². The molecule has 4 rings (SSSR count). The Labute approximate surface area is 196 Å². The maximum Gasteiger partial charge on any atom is 0.253 e. The van der Waals surface area contributed by atoms with Gasteiger partial charge in [-0.2, -0.15) is 0 Å². The van der Waals surface area contributed by atoms with Crippen molar-refractivity contribution < 1.29 is 9.90 Å². The maximum atomic E-state index is 13.0. The van der Waals surface area contributed by atoms with E-state index in [9.17, 15) is 9.90 Å². The highest BCUT2D eigenvalue weighted by Crippen LogP contribution is 2.31. The minimum Gasteiger partial charge on any atom is -0.399 e. The highest BCUT2D eigenvalue weighted by Gasteiger charge is 2.41. The molecule has 3 aromatic rings. The van der Waals surface area contributed by atoms with Gasteiger partial charge in [-0.25, -0.2) is 0 Å². The van der Waals surface area contributed by atoms with E-state index in [2.05, 4.69) is 40.5 Å². The Morgan fingerprint density at radius 3 is 2.18 bits per heavy atom. The molecule has 0 radical (unpaired) electrons. The minimum atomic E-state index is -1.55. The van der Waals surface area contributed by atoms with Crippen LogP contribution in [0.2, 0.25) is 0 Å². The van der Waals surface area contributed by atoms with E-state index in [0.29, 0.717) is 22.7 Å². The fraction of sp³-hybridized carbons (Fsp3) is 0.321. The van der Waals surface area contributed by atoms with Crippen LogP contribution in [0.1, 0.15) is 41.3 Å². The Hall–Kier alpha value is -3.15. The number of nitrogens with zero attached hydrogens (tertiary/aromatic N) is 1. The van der Waals surface area contributed by atoms with Crippen LogP contribution < -0.4 is 11.1 Å². The number of carbonyl (C=O) groups is 1. The van der Waals surface area contributed by atoms with Crippen LogP contribution in [0.5, 0.6) is 0 Å². The van der Waals surface area contributed by atoms with Crippen molar-refractivity contribution in [1.29, 1.82) is 0 Å². The Bertz CT molecular complexity index is 1030. The molecule has 0 saturated carbocycles. The van der Waals surface area contributed by atoms with Crippen molar-refractivity contribution in [3.05, 3.63) is 102 Å². The summed E-state index contributed by atoms with van der Waals surface area (Å²) >= 11 is 0. The lowest BCUT2D eigenvalue weighted by Gasteiger charge is -2.44. The summed E-state index contributed by atoms with van der Waals surface area (Å²) < 4.78 is 0. The summed E-state index contributed by atoms with van der Waals surface area (Å²) in [6.07, 6.45) is 3.20. The predicted molar refractivity (Wildman–Crippen MR) is 133 cm³/mol. The van der Waals surface area contributed by atoms with Crippen LogP contribution >= 0.6 is 0 Å². The number of amides is 1. The third-order valence-corrected chi connectivity index (χ3v) is 6.86. The molecule has 3 aromatic carbocycles. The molecule has 4 N–H and O–H groups in total. The molecule has 5 heteroatoms. The average molecular weight is 444 g/mol. The molecule has 1 fully saturated rings. The lowest BCUT2D eigenvalue weighted by Crippen LogP contribution is -2.60. The Morgan fingerprint density at radius 2 is 1.58 bits per heavy atom. The summed E-state index contributed by atoms with van der Waals surface area (Å²) in [7, 11) is 0. The quantitative estimate of drug-likeness (QED) is 0.378. The number of hydrogen-bond donors (Lipinski definition) is 3. The molecule has 0 spiro atoms. The number of hydrogen-bond acceptors (Lipinski definition) is 4. The molecule has 0 aromatic heterocycles. The molecule has 5 nitrogen and oxygen atoms in total. The third kappa shape index (κ3) is 5.44. The second-order valence-electron chi connectivity index (χ2n) is 9.05. The SMILES string of the molecule is CC(N1CCC(Cc2ccccc2)CC1)C(O)(NC(=O)c1ccccc1)c1ccc(N)cc1. The molecule has 0 bridgehead atoms. The molecule has 1 saturated heterocycles. The van der Waals surface area contributed by atoms with E-state index >= 15 is 0 Å². The monoisotopic (exact) mass is 443 g/mol. The van der Waals surface area contributed by atoms with Gasteiger partial charge in [-0.3, -0.25) is 9.69 Å².